The lowest BCUT2D eigenvalue weighted by Gasteiger charge is -2.14. The van der Waals surface area contributed by atoms with Gasteiger partial charge in [0.2, 0.25) is 0 Å². The average molecular weight is 333 g/mol. The molecule has 128 valence electrons. The molecular weight excluding hydrogens is 313 g/mol. The highest BCUT2D eigenvalue weighted by molar-refractivity contribution is 5.96. The van der Waals surface area contributed by atoms with Crippen molar-refractivity contribution in [3.05, 3.63) is 52.6 Å². The van der Waals surface area contributed by atoms with Gasteiger partial charge < -0.3 is 10.4 Å². The molecule has 0 radical (unpaired) electrons. The summed E-state index contributed by atoms with van der Waals surface area (Å²) in [5.41, 5.74) is 2.23. The van der Waals surface area contributed by atoms with Gasteiger partial charge in [-0.15, -0.1) is 0 Å². The minimum absolute atomic E-state index is 0.0873. The van der Waals surface area contributed by atoms with Crippen LogP contribution < -0.4 is 5.32 Å². The molecule has 1 aromatic heterocycles. The molecule has 0 aliphatic rings. The van der Waals surface area contributed by atoms with Gasteiger partial charge in [0.15, 0.2) is 0 Å². The molecule has 2 aromatic rings. The van der Waals surface area contributed by atoms with Crippen molar-refractivity contribution in [3.63, 3.8) is 0 Å². The van der Waals surface area contributed by atoms with Crippen LogP contribution in [0.4, 0.5) is 4.39 Å². The zero-order valence-corrected chi connectivity index (χ0v) is 13.8. The Morgan fingerprint density at radius 3 is 2.42 bits per heavy atom. The van der Waals surface area contributed by atoms with Crippen molar-refractivity contribution in [2.24, 2.45) is 0 Å². The average Bonchev–Trinajstić information content (AvgIpc) is 2.82. The number of rotatable bonds is 6. The van der Waals surface area contributed by atoms with Crippen LogP contribution in [0.25, 0.3) is 0 Å². The van der Waals surface area contributed by atoms with Crippen molar-refractivity contribution >= 4 is 11.9 Å². The number of benzene rings is 1. The van der Waals surface area contributed by atoms with E-state index in [0.29, 0.717) is 23.4 Å². The van der Waals surface area contributed by atoms with Crippen molar-refractivity contribution < 1.29 is 19.1 Å². The number of halogens is 1. The van der Waals surface area contributed by atoms with Crippen molar-refractivity contribution in [1.29, 1.82) is 0 Å². The predicted octanol–water partition coefficient (Wildman–Crippen LogP) is 2.26. The molecule has 0 saturated carbocycles. The molecule has 0 saturated heterocycles. The molecule has 1 amide bonds. The number of amides is 1. The largest absolute Gasteiger partial charge is 0.481 e. The van der Waals surface area contributed by atoms with Gasteiger partial charge in [0.05, 0.1) is 17.2 Å². The Morgan fingerprint density at radius 1 is 1.29 bits per heavy atom. The first-order valence-corrected chi connectivity index (χ1v) is 7.65. The fraction of sp³-hybridized carbons (Fsp3) is 0.353. The Morgan fingerprint density at radius 2 is 1.92 bits per heavy atom. The third kappa shape index (κ3) is 3.61. The second-order valence-electron chi connectivity index (χ2n) is 5.51. The maximum atomic E-state index is 13.0. The molecular formula is C17H20FN3O3. The monoisotopic (exact) mass is 333 g/mol. The number of carboxylic acid groups (broad SMARTS) is 1. The highest BCUT2D eigenvalue weighted by atomic mass is 19.1. The molecule has 6 nitrogen and oxygen atoms in total. The second-order valence-corrected chi connectivity index (χ2v) is 5.51. The topological polar surface area (TPSA) is 84.2 Å². The SMILES string of the molecule is CCn1nc(C)c(C(=O)NCC(C(=O)O)c2ccc(F)cc2)c1C. The summed E-state index contributed by atoms with van der Waals surface area (Å²) < 4.78 is 14.7. The van der Waals surface area contributed by atoms with Gasteiger partial charge in [-0.1, -0.05) is 12.1 Å². The molecule has 1 heterocycles. The van der Waals surface area contributed by atoms with E-state index in [1.165, 1.54) is 24.3 Å². The fourth-order valence-corrected chi connectivity index (χ4v) is 2.66. The standard InChI is InChI=1S/C17H20FN3O3/c1-4-21-11(3)15(10(2)20-21)16(22)19-9-14(17(23)24)12-5-7-13(18)8-6-12/h5-8,14H,4,9H2,1-3H3,(H,19,22)(H,23,24). The van der Waals surface area contributed by atoms with Crippen molar-refractivity contribution in [3.8, 4) is 0 Å². The number of carbonyl (C=O) groups is 2. The zero-order valence-electron chi connectivity index (χ0n) is 13.8. The molecule has 0 fully saturated rings. The Hall–Kier alpha value is -2.70. The van der Waals surface area contributed by atoms with Gasteiger partial charge in [-0.05, 0) is 38.5 Å². The molecule has 0 bridgehead atoms. The first-order valence-electron chi connectivity index (χ1n) is 7.65. The van der Waals surface area contributed by atoms with Crippen LogP contribution in [0.5, 0.6) is 0 Å². The van der Waals surface area contributed by atoms with E-state index in [1.807, 2.05) is 6.92 Å². The fourth-order valence-electron chi connectivity index (χ4n) is 2.66. The summed E-state index contributed by atoms with van der Waals surface area (Å²) in [6.07, 6.45) is 0. The first kappa shape index (κ1) is 17.7. The Labute approximate surface area is 139 Å². The van der Waals surface area contributed by atoms with E-state index >= 15 is 0 Å². The van der Waals surface area contributed by atoms with Gasteiger partial charge in [-0.25, -0.2) is 4.39 Å². The lowest BCUT2D eigenvalue weighted by atomic mass is 9.99. The summed E-state index contributed by atoms with van der Waals surface area (Å²) in [6.45, 7) is 6.02. The van der Waals surface area contributed by atoms with E-state index in [2.05, 4.69) is 10.4 Å². The maximum absolute atomic E-state index is 13.0. The van der Waals surface area contributed by atoms with Crippen LogP contribution in [0.15, 0.2) is 24.3 Å². The summed E-state index contributed by atoms with van der Waals surface area (Å²) in [7, 11) is 0. The lowest BCUT2D eigenvalue weighted by molar-refractivity contribution is -0.138. The molecule has 0 aliphatic carbocycles. The third-order valence-corrected chi connectivity index (χ3v) is 3.95. The van der Waals surface area contributed by atoms with E-state index in [1.54, 1.807) is 18.5 Å². The number of hydrogen-bond acceptors (Lipinski definition) is 3. The number of nitrogens with one attached hydrogen (secondary N) is 1. The number of hydrogen-bond donors (Lipinski definition) is 2. The van der Waals surface area contributed by atoms with E-state index in [-0.39, 0.29) is 12.5 Å². The smallest absolute Gasteiger partial charge is 0.312 e. The molecule has 0 spiro atoms. The van der Waals surface area contributed by atoms with Crippen LogP contribution in [0.2, 0.25) is 0 Å². The van der Waals surface area contributed by atoms with Gasteiger partial charge in [0.1, 0.15) is 5.82 Å². The predicted molar refractivity (Wildman–Crippen MR) is 86.5 cm³/mol. The molecule has 0 aliphatic heterocycles. The third-order valence-electron chi connectivity index (χ3n) is 3.95. The number of nitrogens with zero attached hydrogens (tertiary/aromatic N) is 2. The van der Waals surface area contributed by atoms with Crippen LogP contribution in [0.3, 0.4) is 0 Å². The second kappa shape index (κ2) is 7.25. The van der Waals surface area contributed by atoms with E-state index in [0.717, 1.165) is 5.69 Å². The number of carbonyl (C=O) groups excluding carboxylic acids is 1. The summed E-state index contributed by atoms with van der Waals surface area (Å²) in [5, 5.41) is 16.3. The molecule has 2 N–H and O–H groups in total. The molecule has 24 heavy (non-hydrogen) atoms. The van der Waals surface area contributed by atoms with E-state index in [4.69, 9.17) is 0 Å². The van der Waals surface area contributed by atoms with Crippen LogP contribution in [-0.4, -0.2) is 33.3 Å². The normalized spacial score (nSPS) is 12.0. The summed E-state index contributed by atoms with van der Waals surface area (Å²) in [6, 6.07) is 5.22. The summed E-state index contributed by atoms with van der Waals surface area (Å²) in [5.74, 6) is -2.83. The van der Waals surface area contributed by atoms with Gasteiger partial charge in [0, 0.05) is 18.8 Å². The molecule has 1 unspecified atom stereocenters. The van der Waals surface area contributed by atoms with Gasteiger partial charge in [0.25, 0.3) is 5.91 Å². The highest BCUT2D eigenvalue weighted by Crippen LogP contribution is 2.17. The van der Waals surface area contributed by atoms with Crippen LogP contribution in [0.1, 0.15) is 40.2 Å². The first-order chi connectivity index (χ1) is 11.3. The van der Waals surface area contributed by atoms with Crippen LogP contribution in [0, 0.1) is 19.7 Å². The van der Waals surface area contributed by atoms with Crippen molar-refractivity contribution in [1.82, 2.24) is 15.1 Å². The number of aliphatic carboxylic acids is 1. The number of aromatic nitrogens is 2. The van der Waals surface area contributed by atoms with E-state index < -0.39 is 17.7 Å². The van der Waals surface area contributed by atoms with Crippen molar-refractivity contribution in [2.45, 2.75) is 33.2 Å². The maximum Gasteiger partial charge on any atom is 0.312 e. The van der Waals surface area contributed by atoms with E-state index in [9.17, 15) is 19.1 Å². The highest BCUT2D eigenvalue weighted by Gasteiger charge is 2.23. The number of aryl methyl sites for hydroxylation is 2. The minimum Gasteiger partial charge on any atom is -0.481 e. The molecule has 1 atom stereocenters. The lowest BCUT2D eigenvalue weighted by Crippen LogP contribution is -2.32. The van der Waals surface area contributed by atoms with Gasteiger partial charge in [-0.2, -0.15) is 5.10 Å². The van der Waals surface area contributed by atoms with Crippen LogP contribution >= 0.6 is 0 Å². The van der Waals surface area contributed by atoms with Crippen LogP contribution in [-0.2, 0) is 11.3 Å². The quantitative estimate of drug-likeness (QED) is 0.849. The molecule has 7 heteroatoms. The van der Waals surface area contributed by atoms with Gasteiger partial charge in [-0.3, -0.25) is 14.3 Å². The summed E-state index contributed by atoms with van der Waals surface area (Å²) in [4.78, 5) is 23.9. The number of carboxylic acids is 1. The minimum atomic E-state index is -1.08. The van der Waals surface area contributed by atoms with Gasteiger partial charge >= 0.3 is 5.97 Å². The Bertz CT molecular complexity index is 753. The Balaban J connectivity index is 2.15. The summed E-state index contributed by atoms with van der Waals surface area (Å²) >= 11 is 0. The zero-order chi connectivity index (χ0) is 17.9. The molecule has 2 rings (SSSR count). The molecule has 1 aromatic carbocycles. The Kier molecular flexibility index (Phi) is 5.33. The van der Waals surface area contributed by atoms with Crippen molar-refractivity contribution in [2.75, 3.05) is 6.54 Å².